The molecule has 1 N–H and O–H groups in total. The Hall–Kier alpha value is -3.49. The molecule has 0 unspecified atom stereocenters. The number of hydrogen-bond acceptors (Lipinski definition) is 5. The van der Waals surface area contributed by atoms with Crippen molar-refractivity contribution >= 4 is 34.8 Å². The molecular weight excluding hydrogens is 465 g/mol. The molecule has 2 aromatic heterocycles. The molecule has 0 atom stereocenters. The molecule has 170 valence electrons. The number of benzene rings is 2. The topological polar surface area (TPSA) is 83.2 Å². The Labute approximate surface area is 200 Å². The Balaban J connectivity index is 1.30. The van der Waals surface area contributed by atoms with E-state index >= 15 is 0 Å². The summed E-state index contributed by atoms with van der Waals surface area (Å²) in [5, 5.41) is 12.0. The number of carbonyl (C=O) groups is 1. The minimum Gasteiger partial charge on any atom is -0.471 e. The second-order valence-electron chi connectivity index (χ2n) is 7.06. The highest BCUT2D eigenvalue weighted by atomic mass is 35.5. The lowest BCUT2D eigenvalue weighted by atomic mass is 10.2. The SMILES string of the molecule is CCc1ccc(OCn2cc(NC(=O)c3ccn(COc4c(Cl)cccc4Cl)n3)cn2)cc1. The molecule has 4 rings (SSSR count). The van der Waals surface area contributed by atoms with Crippen molar-refractivity contribution < 1.29 is 14.3 Å². The summed E-state index contributed by atoms with van der Waals surface area (Å²) >= 11 is 12.2. The summed E-state index contributed by atoms with van der Waals surface area (Å²) in [5.74, 6) is 0.734. The van der Waals surface area contributed by atoms with Crippen LogP contribution in [0.5, 0.6) is 11.5 Å². The summed E-state index contributed by atoms with van der Waals surface area (Å²) in [4.78, 5) is 12.5. The highest BCUT2D eigenvalue weighted by Crippen LogP contribution is 2.32. The first kappa shape index (κ1) is 22.7. The quantitative estimate of drug-likeness (QED) is 0.348. The van der Waals surface area contributed by atoms with Gasteiger partial charge >= 0.3 is 0 Å². The van der Waals surface area contributed by atoms with Crippen molar-refractivity contribution in [2.24, 2.45) is 0 Å². The number of nitrogens with zero attached hydrogens (tertiary/aromatic N) is 4. The van der Waals surface area contributed by atoms with Gasteiger partial charge in [0.25, 0.3) is 5.91 Å². The zero-order valence-corrected chi connectivity index (χ0v) is 19.3. The van der Waals surface area contributed by atoms with Gasteiger partial charge in [-0.25, -0.2) is 9.36 Å². The normalized spacial score (nSPS) is 10.8. The maximum absolute atomic E-state index is 12.5. The summed E-state index contributed by atoms with van der Waals surface area (Å²) in [6.45, 7) is 2.37. The summed E-state index contributed by atoms with van der Waals surface area (Å²) in [5.41, 5.74) is 2.00. The number of anilines is 1. The van der Waals surface area contributed by atoms with E-state index in [0.717, 1.165) is 12.2 Å². The number of rotatable bonds is 9. The predicted molar refractivity (Wildman–Crippen MR) is 126 cm³/mol. The lowest BCUT2D eigenvalue weighted by molar-refractivity contribution is 0.102. The van der Waals surface area contributed by atoms with E-state index in [-0.39, 0.29) is 25.1 Å². The van der Waals surface area contributed by atoms with Crippen LogP contribution in [0.1, 0.15) is 23.0 Å². The molecule has 33 heavy (non-hydrogen) atoms. The monoisotopic (exact) mass is 485 g/mol. The molecule has 8 nitrogen and oxygen atoms in total. The van der Waals surface area contributed by atoms with Crippen molar-refractivity contribution in [2.75, 3.05) is 5.32 Å². The minimum atomic E-state index is -0.375. The highest BCUT2D eigenvalue weighted by Gasteiger charge is 2.12. The van der Waals surface area contributed by atoms with Gasteiger partial charge in [0.1, 0.15) is 5.75 Å². The third kappa shape index (κ3) is 5.85. The van der Waals surface area contributed by atoms with Crippen LogP contribution in [0.4, 0.5) is 5.69 Å². The number of aryl methyl sites for hydroxylation is 1. The van der Waals surface area contributed by atoms with Crippen molar-refractivity contribution in [2.45, 2.75) is 26.8 Å². The molecule has 0 fully saturated rings. The van der Waals surface area contributed by atoms with Crippen LogP contribution < -0.4 is 14.8 Å². The van der Waals surface area contributed by atoms with Crippen LogP contribution in [0.2, 0.25) is 10.0 Å². The number of hydrogen-bond donors (Lipinski definition) is 1. The van der Waals surface area contributed by atoms with Crippen molar-refractivity contribution in [3.8, 4) is 11.5 Å². The number of para-hydroxylation sites is 1. The number of nitrogens with one attached hydrogen (secondary N) is 1. The third-order valence-electron chi connectivity index (χ3n) is 4.72. The molecular formula is C23H21Cl2N5O3. The van der Waals surface area contributed by atoms with E-state index in [0.29, 0.717) is 21.5 Å². The van der Waals surface area contributed by atoms with Crippen LogP contribution in [-0.2, 0) is 19.9 Å². The Morgan fingerprint density at radius 1 is 1.00 bits per heavy atom. The van der Waals surface area contributed by atoms with E-state index in [1.165, 1.54) is 10.2 Å². The lowest BCUT2D eigenvalue weighted by Gasteiger charge is -2.09. The van der Waals surface area contributed by atoms with E-state index < -0.39 is 0 Å². The number of halogens is 2. The van der Waals surface area contributed by atoms with E-state index in [4.69, 9.17) is 32.7 Å². The largest absolute Gasteiger partial charge is 0.471 e. The van der Waals surface area contributed by atoms with Gasteiger partial charge < -0.3 is 14.8 Å². The minimum absolute atomic E-state index is 0.0469. The van der Waals surface area contributed by atoms with Crippen LogP contribution in [-0.4, -0.2) is 25.5 Å². The first-order chi connectivity index (χ1) is 16.0. The molecule has 2 heterocycles. The van der Waals surface area contributed by atoms with Gasteiger partial charge in [0.2, 0.25) is 0 Å². The van der Waals surface area contributed by atoms with Crippen molar-refractivity contribution in [3.05, 3.63) is 88.4 Å². The molecule has 0 saturated heterocycles. The number of carbonyl (C=O) groups excluding carboxylic acids is 1. The molecule has 0 aliphatic heterocycles. The maximum Gasteiger partial charge on any atom is 0.276 e. The van der Waals surface area contributed by atoms with E-state index in [2.05, 4.69) is 22.4 Å². The smallest absolute Gasteiger partial charge is 0.276 e. The van der Waals surface area contributed by atoms with E-state index in [1.54, 1.807) is 47.5 Å². The predicted octanol–water partition coefficient (Wildman–Crippen LogP) is 5.27. The zero-order chi connectivity index (χ0) is 23.2. The Morgan fingerprint density at radius 3 is 2.45 bits per heavy atom. The molecule has 0 radical (unpaired) electrons. The van der Waals surface area contributed by atoms with Crippen LogP contribution in [0.3, 0.4) is 0 Å². The van der Waals surface area contributed by atoms with Gasteiger partial charge in [0.15, 0.2) is 24.9 Å². The van der Waals surface area contributed by atoms with Crippen LogP contribution in [0.15, 0.2) is 67.1 Å². The average Bonchev–Trinajstić information content (AvgIpc) is 3.47. The van der Waals surface area contributed by atoms with Crippen molar-refractivity contribution in [1.29, 1.82) is 0 Å². The summed E-state index contributed by atoms with van der Waals surface area (Å²) in [6.07, 6.45) is 5.82. The first-order valence-corrected chi connectivity index (χ1v) is 10.9. The summed E-state index contributed by atoms with van der Waals surface area (Å²) < 4.78 is 14.4. The van der Waals surface area contributed by atoms with E-state index in [9.17, 15) is 4.79 Å². The summed E-state index contributed by atoms with van der Waals surface area (Å²) in [7, 11) is 0. The second-order valence-corrected chi connectivity index (χ2v) is 7.87. The Kier molecular flexibility index (Phi) is 7.16. The molecule has 0 aliphatic rings. The zero-order valence-electron chi connectivity index (χ0n) is 17.7. The standard InChI is InChI=1S/C23H21Cl2N5O3/c1-2-16-6-8-18(9-7-16)32-15-30-13-17(12-26-30)27-23(31)21-10-11-29(28-21)14-33-22-19(24)4-3-5-20(22)25/h3-13H,2,14-15H2,1H3,(H,27,31). The molecule has 10 heteroatoms. The number of ether oxygens (including phenoxy) is 2. The Bertz CT molecular complexity index is 1220. The van der Waals surface area contributed by atoms with Gasteiger partial charge in [0, 0.05) is 6.20 Å². The number of amides is 1. The fraction of sp³-hybridized carbons (Fsp3) is 0.174. The molecule has 0 aliphatic carbocycles. The van der Waals surface area contributed by atoms with Crippen LogP contribution in [0.25, 0.3) is 0 Å². The van der Waals surface area contributed by atoms with Crippen LogP contribution in [0, 0.1) is 0 Å². The highest BCUT2D eigenvalue weighted by molar-refractivity contribution is 6.37. The average molecular weight is 486 g/mol. The van der Waals surface area contributed by atoms with E-state index in [1.807, 2.05) is 24.3 Å². The van der Waals surface area contributed by atoms with Gasteiger partial charge in [-0.2, -0.15) is 10.2 Å². The van der Waals surface area contributed by atoms with Gasteiger partial charge in [-0.3, -0.25) is 4.79 Å². The Morgan fingerprint density at radius 2 is 1.73 bits per heavy atom. The fourth-order valence-electron chi connectivity index (χ4n) is 2.96. The van der Waals surface area contributed by atoms with Crippen molar-refractivity contribution in [1.82, 2.24) is 19.6 Å². The molecule has 1 amide bonds. The molecule has 0 spiro atoms. The first-order valence-electron chi connectivity index (χ1n) is 10.2. The van der Waals surface area contributed by atoms with Gasteiger partial charge in [-0.05, 0) is 42.3 Å². The molecule has 4 aromatic rings. The summed E-state index contributed by atoms with van der Waals surface area (Å²) in [6, 6.07) is 14.6. The molecule has 0 saturated carbocycles. The van der Waals surface area contributed by atoms with Crippen LogP contribution >= 0.6 is 23.2 Å². The fourth-order valence-corrected chi connectivity index (χ4v) is 3.47. The molecule has 2 aromatic carbocycles. The second kappa shape index (κ2) is 10.4. The van der Waals surface area contributed by atoms with Gasteiger partial charge in [-0.1, -0.05) is 48.3 Å². The molecule has 0 bridgehead atoms. The van der Waals surface area contributed by atoms with Gasteiger partial charge in [-0.15, -0.1) is 0 Å². The number of aromatic nitrogens is 4. The van der Waals surface area contributed by atoms with Gasteiger partial charge in [0.05, 0.1) is 28.1 Å². The lowest BCUT2D eigenvalue weighted by Crippen LogP contribution is -2.14. The third-order valence-corrected chi connectivity index (χ3v) is 5.31. The maximum atomic E-state index is 12.5. The van der Waals surface area contributed by atoms with Crippen molar-refractivity contribution in [3.63, 3.8) is 0 Å².